The van der Waals surface area contributed by atoms with E-state index < -0.39 is 5.97 Å². The largest absolute Gasteiger partial charge is 0.478 e. The maximum Gasteiger partial charge on any atom is 0.336 e. The minimum absolute atomic E-state index is 0. The van der Waals surface area contributed by atoms with Crippen molar-refractivity contribution in [3.63, 3.8) is 0 Å². The van der Waals surface area contributed by atoms with Crippen molar-refractivity contribution < 1.29 is 14.7 Å². The quantitative estimate of drug-likeness (QED) is 0.231. The van der Waals surface area contributed by atoms with Crippen LogP contribution in [0.4, 0.5) is 0 Å². The number of ketones is 1. The number of carboxylic acid groups (broad SMARTS) is 1. The maximum absolute atomic E-state index is 13.7. The molecule has 1 aliphatic rings. The van der Waals surface area contributed by atoms with E-state index in [0.717, 1.165) is 61.0 Å². The van der Waals surface area contributed by atoms with Gasteiger partial charge in [0.2, 0.25) is 0 Å². The van der Waals surface area contributed by atoms with Crippen molar-refractivity contribution in [3.05, 3.63) is 58.1 Å². The molecule has 218 valence electrons. The third-order valence-electron chi connectivity index (χ3n) is 7.66. The van der Waals surface area contributed by atoms with Crippen LogP contribution in [0.3, 0.4) is 0 Å². The van der Waals surface area contributed by atoms with E-state index in [4.69, 9.17) is 0 Å². The zero-order valence-corrected chi connectivity index (χ0v) is 26.7. The summed E-state index contributed by atoms with van der Waals surface area (Å²) in [4.78, 5) is 30.9. The average Bonchev–Trinajstić information content (AvgIpc) is 3.04. The van der Waals surface area contributed by atoms with Gasteiger partial charge in [0.05, 0.1) is 5.56 Å². The minimum Gasteiger partial charge on any atom is -0.478 e. The van der Waals surface area contributed by atoms with Crippen molar-refractivity contribution >= 4 is 36.6 Å². The van der Waals surface area contributed by atoms with E-state index in [0.29, 0.717) is 29.5 Å². The fraction of sp³-hybridized carbons (Fsp3) is 0.562. The van der Waals surface area contributed by atoms with E-state index in [-0.39, 0.29) is 41.4 Å². The van der Waals surface area contributed by atoms with Gasteiger partial charge in [-0.3, -0.25) is 4.79 Å². The van der Waals surface area contributed by atoms with Crippen LogP contribution in [0.25, 0.3) is 11.1 Å². The maximum atomic E-state index is 13.7. The van der Waals surface area contributed by atoms with Crippen LogP contribution in [0.15, 0.2) is 30.3 Å². The van der Waals surface area contributed by atoms with E-state index in [9.17, 15) is 14.7 Å². The Morgan fingerprint density at radius 1 is 0.795 bits per heavy atom. The molecule has 0 radical (unpaired) electrons. The van der Waals surface area contributed by atoms with Crippen LogP contribution in [0.5, 0.6) is 0 Å². The van der Waals surface area contributed by atoms with E-state index in [1.54, 1.807) is 0 Å². The summed E-state index contributed by atoms with van der Waals surface area (Å²) < 4.78 is 0. The number of carbonyl (C=O) groups is 2. The molecule has 0 saturated carbocycles. The predicted molar refractivity (Wildman–Crippen MR) is 167 cm³/mol. The first-order valence-corrected chi connectivity index (χ1v) is 13.6. The van der Waals surface area contributed by atoms with Crippen molar-refractivity contribution in [2.75, 3.05) is 41.3 Å². The van der Waals surface area contributed by atoms with Crippen LogP contribution in [-0.4, -0.2) is 67.9 Å². The summed E-state index contributed by atoms with van der Waals surface area (Å²) >= 11 is 0. The zero-order valence-electron chi connectivity index (χ0n) is 25.0. The van der Waals surface area contributed by atoms with Gasteiger partial charge in [0.1, 0.15) is 0 Å². The molecule has 0 amide bonds. The fourth-order valence-electron chi connectivity index (χ4n) is 5.82. The highest BCUT2D eigenvalue weighted by molar-refractivity contribution is 6.23. The lowest BCUT2D eigenvalue weighted by Gasteiger charge is -2.30. The monoisotopic (exact) mass is 578 g/mol. The Hall–Kier alpha value is -1.92. The van der Waals surface area contributed by atoms with Gasteiger partial charge < -0.3 is 14.9 Å². The predicted octanol–water partition coefficient (Wildman–Crippen LogP) is 7.26. The van der Waals surface area contributed by atoms with E-state index in [2.05, 4.69) is 65.7 Å². The molecular formula is C32H48Cl2N2O3. The van der Waals surface area contributed by atoms with Gasteiger partial charge in [-0.25, -0.2) is 4.79 Å². The molecule has 7 heteroatoms. The lowest BCUT2D eigenvalue weighted by atomic mass is 9.74. The van der Waals surface area contributed by atoms with Crippen LogP contribution >= 0.6 is 24.8 Å². The van der Waals surface area contributed by atoms with Gasteiger partial charge in [0.25, 0.3) is 0 Å². The first kappa shape index (κ1) is 35.1. The summed E-state index contributed by atoms with van der Waals surface area (Å²) in [5.41, 5.74) is 4.85. The SMILES string of the molecule is CN(C)CCCC(C)(C)Cc1cc2c(c(CC(C)(C)CCCN(C)C)c1C(=O)O)C(=O)c1ccccc1-2.Cl.Cl. The first-order valence-electron chi connectivity index (χ1n) is 13.6. The second kappa shape index (κ2) is 14.1. The number of carboxylic acids is 1. The summed E-state index contributed by atoms with van der Waals surface area (Å²) in [6.07, 6.45) is 5.28. The second-order valence-electron chi connectivity index (χ2n) is 13.0. The molecule has 0 aromatic heterocycles. The molecule has 0 saturated heterocycles. The lowest BCUT2D eigenvalue weighted by molar-refractivity contribution is 0.0693. The Labute approximate surface area is 248 Å². The Morgan fingerprint density at radius 2 is 1.28 bits per heavy atom. The summed E-state index contributed by atoms with van der Waals surface area (Å²) in [7, 11) is 8.30. The number of halogens is 2. The molecular weight excluding hydrogens is 531 g/mol. The molecule has 3 rings (SSSR count). The summed E-state index contributed by atoms with van der Waals surface area (Å²) in [5.74, 6) is -0.964. The highest BCUT2D eigenvalue weighted by Crippen LogP contribution is 2.44. The van der Waals surface area contributed by atoms with E-state index >= 15 is 0 Å². The number of aromatic carboxylic acids is 1. The highest BCUT2D eigenvalue weighted by atomic mass is 35.5. The zero-order chi connectivity index (χ0) is 27.5. The number of fused-ring (bicyclic) bond motifs is 3. The van der Waals surface area contributed by atoms with Crippen molar-refractivity contribution in [1.29, 1.82) is 0 Å². The van der Waals surface area contributed by atoms with Crippen LogP contribution < -0.4 is 0 Å². The van der Waals surface area contributed by atoms with E-state index in [1.165, 1.54) is 0 Å². The van der Waals surface area contributed by atoms with Crippen molar-refractivity contribution in [3.8, 4) is 11.1 Å². The number of hydrogen-bond acceptors (Lipinski definition) is 4. The highest BCUT2D eigenvalue weighted by Gasteiger charge is 2.36. The molecule has 2 aromatic rings. The van der Waals surface area contributed by atoms with Gasteiger partial charge in [-0.1, -0.05) is 52.0 Å². The molecule has 2 aromatic carbocycles. The molecule has 5 nitrogen and oxygen atoms in total. The molecule has 1 aliphatic carbocycles. The Morgan fingerprint density at radius 3 is 1.77 bits per heavy atom. The fourth-order valence-corrected chi connectivity index (χ4v) is 5.82. The molecule has 0 spiro atoms. The third kappa shape index (κ3) is 8.78. The number of nitrogens with zero attached hydrogens (tertiary/aromatic N) is 2. The van der Waals surface area contributed by atoms with Crippen molar-refractivity contribution in [2.24, 2.45) is 10.8 Å². The van der Waals surface area contributed by atoms with Crippen LogP contribution in [0, 0.1) is 10.8 Å². The van der Waals surface area contributed by atoms with Gasteiger partial charge in [0, 0.05) is 11.1 Å². The second-order valence-corrected chi connectivity index (χ2v) is 13.0. The van der Waals surface area contributed by atoms with Gasteiger partial charge in [-0.05, 0) is 119 Å². The lowest BCUT2D eigenvalue weighted by Crippen LogP contribution is -2.24. The standard InChI is InChI=1S/C32H46N2O3.2ClH/c1-31(2,15-11-17-33(5)6)20-22-19-25-23-13-9-10-14-24(23)29(35)28(25)26(27(22)30(36)37)21-32(3,4)16-12-18-34(7)8;;/h9-10,13-14,19H,11-12,15-18,20-21H2,1-8H3,(H,36,37);2*1H. The molecule has 0 atom stereocenters. The Balaban J connectivity index is 0.00000380. The normalized spacial score (nSPS) is 12.7. The Bertz CT molecular complexity index is 1160. The topological polar surface area (TPSA) is 60.9 Å². The smallest absolute Gasteiger partial charge is 0.336 e. The number of carbonyl (C=O) groups excluding carboxylic acids is 1. The van der Waals surface area contributed by atoms with Crippen molar-refractivity contribution in [2.45, 2.75) is 66.2 Å². The Kier molecular flexibility index (Phi) is 12.7. The van der Waals surface area contributed by atoms with Crippen LogP contribution in [-0.2, 0) is 12.8 Å². The average molecular weight is 580 g/mol. The van der Waals surface area contributed by atoms with Crippen LogP contribution in [0.2, 0.25) is 0 Å². The molecule has 0 unspecified atom stereocenters. The number of rotatable bonds is 13. The molecule has 39 heavy (non-hydrogen) atoms. The molecule has 1 N–H and O–H groups in total. The van der Waals surface area contributed by atoms with Crippen molar-refractivity contribution in [1.82, 2.24) is 9.80 Å². The molecule has 0 aliphatic heterocycles. The molecule has 0 fully saturated rings. The van der Waals surface area contributed by atoms with Gasteiger partial charge in [0.15, 0.2) is 5.78 Å². The summed E-state index contributed by atoms with van der Waals surface area (Å²) in [6.45, 7) is 10.8. The first-order chi connectivity index (χ1) is 17.2. The van der Waals surface area contributed by atoms with Gasteiger partial charge in [-0.2, -0.15) is 0 Å². The summed E-state index contributed by atoms with van der Waals surface area (Å²) in [5, 5.41) is 10.5. The minimum atomic E-state index is -0.926. The van der Waals surface area contributed by atoms with Crippen LogP contribution in [0.1, 0.15) is 90.8 Å². The number of hydrogen-bond donors (Lipinski definition) is 1. The van der Waals surface area contributed by atoms with E-state index in [1.807, 2.05) is 30.3 Å². The van der Waals surface area contributed by atoms with Gasteiger partial charge in [-0.15, -0.1) is 24.8 Å². The molecule has 0 heterocycles. The third-order valence-corrected chi connectivity index (χ3v) is 7.66. The summed E-state index contributed by atoms with van der Waals surface area (Å²) in [6, 6.07) is 9.73. The molecule has 0 bridgehead atoms. The van der Waals surface area contributed by atoms with Gasteiger partial charge >= 0.3 is 5.97 Å². The number of benzene rings is 2.